The van der Waals surface area contributed by atoms with E-state index < -0.39 is 15.7 Å². The van der Waals surface area contributed by atoms with Crippen molar-refractivity contribution in [1.29, 1.82) is 0 Å². The lowest BCUT2D eigenvalue weighted by molar-refractivity contribution is 0.184. The normalized spacial score (nSPS) is 13.3. The minimum absolute atomic E-state index is 0.0562. The molecule has 0 aliphatic rings. The van der Waals surface area contributed by atoms with Crippen LogP contribution in [-0.4, -0.2) is 34.4 Å². The molecule has 1 N–H and O–H groups in total. The first kappa shape index (κ1) is 14.9. The fraction of sp³-hybridized carbons (Fsp3) is 0.500. The van der Waals surface area contributed by atoms with E-state index in [-0.39, 0.29) is 16.6 Å². The molecule has 0 saturated carbocycles. The molecule has 0 radical (unpaired) electrons. The molecule has 0 aliphatic heterocycles. The van der Waals surface area contributed by atoms with Gasteiger partial charge in [-0.3, -0.25) is 0 Å². The van der Waals surface area contributed by atoms with Crippen molar-refractivity contribution in [1.82, 2.24) is 0 Å². The summed E-state index contributed by atoms with van der Waals surface area (Å²) in [6.45, 7) is 2.37. The second-order valence-corrected chi connectivity index (χ2v) is 6.13. The maximum atomic E-state index is 13.6. The predicted octanol–water partition coefficient (Wildman–Crippen LogP) is 2.07. The van der Waals surface area contributed by atoms with Gasteiger partial charge in [0.1, 0.15) is 5.82 Å². The molecule has 0 fully saturated rings. The van der Waals surface area contributed by atoms with E-state index in [1.165, 1.54) is 12.1 Å². The molecule has 0 saturated heterocycles. The van der Waals surface area contributed by atoms with Crippen molar-refractivity contribution in [2.24, 2.45) is 0 Å². The molecule has 0 aromatic heterocycles. The zero-order valence-electron chi connectivity index (χ0n) is 10.7. The summed E-state index contributed by atoms with van der Waals surface area (Å²) in [6.07, 6.45) is 1.84. The maximum Gasteiger partial charge on any atom is 0.175 e. The minimum Gasteiger partial charge on any atom is -0.383 e. The molecule has 102 valence electrons. The molecule has 1 rings (SSSR count). The molecule has 1 aromatic rings. The average Bonchev–Trinajstić information content (AvgIpc) is 2.29. The van der Waals surface area contributed by atoms with Crippen molar-refractivity contribution < 1.29 is 17.5 Å². The zero-order valence-corrected chi connectivity index (χ0v) is 11.6. The Morgan fingerprint density at radius 3 is 2.61 bits per heavy atom. The maximum absolute atomic E-state index is 13.6. The van der Waals surface area contributed by atoms with Gasteiger partial charge in [-0.2, -0.15) is 0 Å². The molecule has 0 heterocycles. The van der Waals surface area contributed by atoms with Gasteiger partial charge < -0.3 is 10.1 Å². The van der Waals surface area contributed by atoms with Crippen molar-refractivity contribution in [3.63, 3.8) is 0 Å². The van der Waals surface area contributed by atoms with Gasteiger partial charge in [0, 0.05) is 19.4 Å². The van der Waals surface area contributed by atoms with Crippen molar-refractivity contribution in [3.8, 4) is 0 Å². The van der Waals surface area contributed by atoms with E-state index in [2.05, 4.69) is 5.32 Å². The van der Waals surface area contributed by atoms with Crippen LogP contribution in [0.2, 0.25) is 0 Å². The Kier molecular flexibility index (Phi) is 5.10. The van der Waals surface area contributed by atoms with Crippen LogP contribution in [0, 0.1) is 5.82 Å². The van der Waals surface area contributed by atoms with Gasteiger partial charge in [0.15, 0.2) is 9.84 Å². The predicted molar refractivity (Wildman–Crippen MR) is 69.1 cm³/mol. The average molecular weight is 275 g/mol. The molecule has 18 heavy (non-hydrogen) atoms. The van der Waals surface area contributed by atoms with Gasteiger partial charge in [-0.05, 0) is 24.6 Å². The van der Waals surface area contributed by atoms with Crippen LogP contribution in [0.5, 0.6) is 0 Å². The van der Waals surface area contributed by atoms with Crippen LogP contribution < -0.4 is 5.32 Å². The van der Waals surface area contributed by atoms with E-state index in [1.807, 2.05) is 6.92 Å². The Morgan fingerprint density at radius 2 is 2.11 bits per heavy atom. The molecular formula is C12H18FNO3S. The molecule has 0 spiro atoms. The van der Waals surface area contributed by atoms with E-state index in [4.69, 9.17) is 4.74 Å². The molecule has 1 unspecified atom stereocenters. The Hall–Kier alpha value is -1.14. The minimum atomic E-state index is -3.33. The number of ether oxygens (including phenoxy) is 1. The van der Waals surface area contributed by atoms with E-state index >= 15 is 0 Å². The highest BCUT2D eigenvalue weighted by Crippen LogP contribution is 2.20. The smallest absolute Gasteiger partial charge is 0.175 e. The topological polar surface area (TPSA) is 55.4 Å². The Balaban J connectivity index is 3.01. The van der Waals surface area contributed by atoms with Crippen LogP contribution in [0.1, 0.15) is 13.3 Å². The first-order valence-electron chi connectivity index (χ1n) is 5.63. The monoisotopic (exact) mass is 275 g/mol. The summed E-state index contributed by atoms with van der Waals surface area (Å²) in [5, 5.41) is 2.95. The van der Waals surface area contributed by atoms with Crippen molar-refractivity contribution >= 4 is 15.5 Å². The van der Waals surface area contributed by atoms with E-state index in [9.17, 15) is 12.8 Å². The number of sulfone groups is 1. The van der Waals surface area contributed by atoms with Crippen molar-refractivity contribution in [2.75, 3.05) is 25.3 Å². The number of methoxy groups -OCH3 is 1. The highest BCUT2D eigenvalue weighted by atomic mass is 32.2. The highest BCUT2D eigenvalue weighted by molar-refractivity contribution is 7.90. The highest BCUT2D eigenvalue weighted by Gasteiger charge is 2.13. The standard InChI is InChI=1S/C12H18FNO3S/c1-4-9(8-17-2)14-12-7-10(18(3,15)16)5-6-11(12)13/h5-7,9,14H,4,8H2,1-3H3. The van der Waals surface area contributed by atoms with Gasteiger partial charge in [-0.15, -0.1) is 0 Å². The van der Waals surface area contributed by atoms with Crippen LogP contribution in [0.25, 0.3) is 0 Å². The third-order valence-corrected chi connectivity index (χ3v) is 3.70. The number of anilines is 1. The second-order valence-electron chi connectivity index (χ2n) is 4.12. The van der Waals surface area contributed by atoms with Crippen molar-refractivity contribution in [2.45, 2.75) is 24.3 Å². The van der Waals surface area contributed by atoms with Crippen LogP contribution in [0.15, 0.2) is 23.1 Å². The van der Waals surface area contributed by atoms with Gasteiger partial charge in [0.25, 0.3) is 0 Å². The summed E-state index contributed by atoms with van der Waals surface area (Å²) in [5.41, 5.74) is 0.182. The molecule has 4 nitrogen and oxygen atoms in total. The number of rotatable bonds is 6. The lowest BCUT2D eigenvalue weighted by Gasteiger charge is -2.18. The Morgan fingerprint density at radius 1 is 1.44 bits per heavy atom. The van der Waals surface area contributed by atoms with Crippen LogP contribution in [0.4, 0.5) is 10.1 Å². The Labute approximate surface area is 107 Å². The number of benzene rings is 1. The molecule has 0 amide bonds. The first-order chi connectivity index (χ1) is 8.38. The summed E-state index contributed by atoms with van der Waals surface area (Å²) in [5.74, 6) is -0.475. The summed E-state index contributed by atoms with van der Waals surface area (Å²) in [7, 11) is -1.77. The lowest BCUT2D eigenvalue weighted by Crippen LogP contribution is -2.24. The lowest BCUT2D eigenvalue weighted by atomic mass is 10.2. The molecule has 0 aliphatic carbocycles. The third kappa shape index (κ3) is 3.96. The quantitative estimate of drug-likeness (QED) is 0.807. The first-order valence-corrected chi connectivity index (χ1v) is 7.52. The summed E-state index contributed by atoms with van der Waals surface area (Å²) in [4.78, 5) is 0.0960. The third-order valence-electron chi connectivity index (χ3n) is 2.59. The van der Waals surface area contributed by atoms with Crippen LogP contribution in [-0.2, 0) is 14.6 Å². The number of hydrogen-bond donors (Lipinski definition) is 1. The largest absolute Gasteiger partial charge is 0.383 e. The zero-order chi connectivity index (χ0) is 13.8. The van der Waals surface area contributed by atoms with E-state index in [0.29, 0.717) is 6.61 Å². The van der Waals surface area contributed by atoms with E-state index in [1.54, 1.807) is 7.11 Å². The fourth-order valence-electron chi connectivity index (χ4n) is 1.53. The van der Waals surface area contributed by atoms with Gasteiger partial charge >= 0.3 is 0 Å². The van der Waals surface area contributed by atoms with Gasteiger partial charge in [-0.1, -0.05) is 6.92 Å². The molecule has 0 bridgehead atoms. The second kappa shape index (κ2) is 6.15. The molecular weight excluding hydrogens is 257 g/mol. The van der Waals surface area contributed by atoms with Gasteiger partial charge in [0.05, 0.1) is 17.2 Å². The van der Waals surface area contributed by atoms with E-state index in [0.717, 1.165) is 18.7 Å². The molecule has 1 aromatic carbocycles. The Bertz CT molecular complexity index is 502. The summed E-state index contributed by atoms with van der Waals surface area (Å²) in [6, 6.07) is 3.66. The number of halogens is 1. The fourth-order valence-corrected chi connectivity index (χ4v) is 2.18. The summed E-state index contributed by atoms with van der Waals surface area (Å²) >= 11 is 0. The SMILES string of the molecule is CCC(COC)Nc1cc(S(C)(=O)=O)ccc1F. The molecule has 6 heteroatoms. The van der Waals surface area contributed by atoms with Crippen LogP contribution >= 0.6 is 0 Å². The van der Waals surface area contributed by atoms with Crippen LogP contribution in [0.3, 0.4) is 0 Å². The number of hydrogen-bond acceptors (Lipinski definition) is 4. The van der Waals surface area contributed by atoms with Crippen molar-refractivity contribution in [3.05, 3.63) is 24.0 Å². The van der Waals surface area contributed by atoms with Gasteiger partial charge in [-0.25, -0.2) is 12.8 Å². The summed E-state index contributed by atoms with van der Waals surface area (Å²) < 4.78 is 41.4. The molecule has 1 atom stereocenters. The van der Waals surface area contributed by atoms with Gasteiger partial charge in [0.2, 0.25) is 0 Å². The number of nitrogens with one attached hydrogen (secondary N) is 1.